The van der Waals surface area contributed by atoms with Gasteiger partial charge in [0.25, 0.3) is 0 Å². The van der Waals surface area contributed by atoms with Crippen molar-refractivity contribution in [1.29, 1.82) is 0 Å². The molecular formula is C15H11BrClNO2. The van der Waals surface area contributed by atoms with Crippen LogP contribution in [0.3, 0.4) is 0 Å². The zero-order valence-electron chi connectivity index (χ0n) is 10.5. The molecule has 0 amide bonds. The van der Waals surface area contributed by atoms with Gasteiger partial charge in [-0.3, -0.25) is 4.79 Å². The number of fused-ring (bicyclic) bond motifs is 1. The average Bonchev–Trinajstić information content (AvgIpc) is 2.87. The molecule has 0 saturated carbocycles. The van der Waals surface area contributed by atoms with Gasteiger partial charge in [-0.15, -0.1) is 0 Å². The Hall–Kier alpha value is -1.52. The summed E-state index contributed by atoms with van der Waals surface area (Å²) in [6, 6.07) is 8.61. The minimum absolute atomic E-state index is 0.179. The van der Waals surface area contributed by atoms with Crippen molar-refractivity contribution in [1.82, 2.24) is 0 Å². The monoisotopic (exact) mass is 351 g/mol. The number of benzene rings is 2. The van der Waals surface area contributed by atoms with Crippen LogP contribution < -0.4 is 10.5 Å². The van der Waals surface area contributed by atoms with Crippen LogP contribution in [0.15, 0.2) is 34.8 Å². The SMILES string of the molecule is Nc1ccc(Cl)c(C(=O)c2cc(Br)cc3c2OCC3)c1. The van der Waals surface area contributed by atoms with E-state index in [1.165, 1.54) is 0 Å². The van der Waals surface area contributed by atoms with Crippen LogP contribution >= 0.6 is 27.5 Å². The quantitative estimate of drug-likeness (QED) is 0.660. The number of anilines is 1. The first-order chi connectivity index (χ1) is 9.56. The van der Waals surface area contributed by atoms with Gasteiger partial charge in [0.1, 0.15) is 5.75 Å². The number of nitrogen functional groups attached to an aromatic ring is 1. The van der Waals surface area contributed by atoms with Crippen LogP contribution in [-0.2, 0) is 6.42 Å². The van der Waals surface area contributed by atoms with Gasteiger partial charge in [-0.05, 0) is 35.9 Å². The van der Waals surface area contributed by atoms with Gasteiger partial charge in [0.15, 0.2) is 5.78 Å². The Morgan fingerprint density at radius 2 is 2.05 bits per heavy atom. The third kappa shape index (κ3) is 2.30. The molecule has 1 aliphatic heterocycles. The normalized spacial score (nSPS) is 12.9. The number of hydrogen-bond acceptors (Lipinski definition) is 3. The van der Waals surface area contributed by atoms with E-state index in [0.29, 0.717) is 34.2 Å². The predicted octanol–water partition coefficient (Wildman–Crippen LogP) is 3.85. The first-order valence-electron chi connectivity index (χ1n) is 6.11. The fourth-order valence-corrected chi connectivity index (χ4v) is 3.01. The molecule has 0 saturated heterocycles. The minimum Gasteiger partial charge on any atom is -0.492 e. The highest BCUT2D eigenvalue weighted by Crippen LogP contribution is 2.35. The number of rotatable bonds is 2. The Morgan fingerprint density at radius 3 is 2.85 bits per heavy atom. The maximum atomic E-state index is 12.7. The molecule has 0 bridgehead atoms. The van der Waals surface area contributed by atoms with E-state index in [4.69, 9.17) is 22.1 Å². The van der Waals surface area contributed by atoms with E-state index in [-0.39, 0.29) is 5.78 Å². The van der Waals surface area contributed by atoms with Gasteiger partial charge < -0.3 is 10.5 Å². The Kier molecular flexibility index (Phi) is 3.44. The van der Waals surface area contributed by atoms with E-state index in [1.807, 2.05) is 6.07 Å². The number of halogens is 2. The Labute approximate surface area is 129 Å². The first kappa shape index (κ1) is 13.5. The fourth-order valence-electron chi connectivity index (χ4n) is 2.30. The molecule has 102 valence electrons. The first-order valence-corrected chi connectivity index (χ1v) is 7.28. The van der Waals surface area contributed by atoms with E-state index in [2.05, 4.69) is 15.9 Å². The maximum Gasteiger partial charge on any atom is 0.198 e. The molecule has 2 aromatic rings. The van der Waals surface area contributed by atoms with E-state index < -0.39 is 0 Å². The van der Waals surface area contributed by atoms with Crippen molar-refractivity contribution in [3.63, 3.8) is 0 Å². The summed E-state index contributed by atoms with van der Waals surface area (Å²) >= 11 is 9.53. The lowest BCUT2D eigenvalue weighted by molar-refractivity contribution is 0.103. The van der Waals surface area contributed by atoms with Crippen LogP contribution in [0, 0.1) is 0 Å². The summed E-state index contributed by atoms with van der Waals surface area (Å²) in [5.74, 6) is 0.471. The summed E-state index contributed by atoms with van der Waals surface area (Å²) < 4.78 is 6.43. The highest BCUT2D eigenvalue weighted by atomic mass is 79.9. The molecule has 3 nitrogen and oxygen atoms in total. The van der Waals surface area contributed by atoms with Crippen molar-refractivity contribution in [3.05, 3.63) is 56.5 Å². The van der Waals surface area contributed by atoms with Gasteiger partial charge in [-0.1, -0.05) is 27.5 Å². The van der Waals surface area contributed by atoms with Crippen LogP contribution in [0.5, 0.6) is 5.75 Å². The van der Waals surface area contributed by atoms with Gasteiger partial charge in [0.05, 0.1) is 17.2 Å². The fraction of sp³-hybridized carbons (Fsp3) is 0.133. The third-order valence-corrected chi connectivity index (χ3v) is 4.02. The Morgan fingerprint density at radius 1 is 1.25 bits per heavy atom. The Balaban J connectivity index is 2.14. The molecule has 5 heteroatoms. The molecule has 0 aromatic heterocycles. The lowest BCUT2D eigenvalue weighted by atomic mass is 9.99. The van der Waals surface area contributed by atoms with Gasteiger partial charge in [-0.25, -0.2) is 0 Å². The summed E-state index contributed by atoms with van der Waals surface area (Å²) in [5, 5.41) is 0.385. The third-order valence-electron chi connectivity index (χ3n) is 3.23. The lowest BCUT2D eigenvalue weighted by Gasteiger charge is -2.10. The zero-order chi connectivity index (χ0) is 14.3. The summed E-state index contributed by atoms with van der Waals surface area (Å²) in [7, 11) is 0. The van der Waals surface area contributed by atoms with Crippen molar-refractivity contribution in [2.24, 2.45) is 0 Å². The predicted molar refractivity (Wildman–Crippen MR) is 82.6 cm³/mol. The minimum atomic E-state index is -0.179. The molecule has 1 aliphatic rings. The van der Waals surface area contributed by atoms with Crippen molar-refractivity contribution in [3.8, 4) is 5.75 Å². The highest BCUT2D eigenvalue weighted by molar-refractivity contribution is 9.10. The van der Waals surface area contributed by atoms with Crippen LogP contribution in [0.1, 0.15) is 21.5 Å². The smallest absolute Gasteiger partial charge is 0.198 e. The molecule has 0 fully saturated rings. The summed E-state index contributed by atoms with van der Waals surface area (Å²) in [6.07, 6.45) is 0.805. The molecule has 0 aliphatic carbocycles. The zero-order valence-corrected chi connectivity index (χ0v) is 12.8. The molecule has 0 spiro atoms. The molecule has 1 heterocycles. The highest BCUT2D eigenvalue weighted by Gasteiger charge is 2.24. The van der Waals surface area contributed by atoms with Gasteiger partial charge >= 0.3 is 0 Å². The second-order valence-corrected chi connectivity index (χ2v) is 5.93. The Bertz CT molecular complexity index is 715. The number of ketones is 1. The largest absolute Gasteiger partial charge is 0.492 e. The summed E-state index contributed by atoms with van der Waals surface area (Å²) in [6.45, 7) is 0.594. The molecule has 2 aromatic carbocycles. The number of carbonyl (C=O) groups is 1. The molecule has 0 radical (unpaired) electrons. The van der Waals surface area contributed by atoms with Gasteiger partial charge in [0.2, 0.25) is 0 Å². The van der Waals surface area contributed by atoms with E-state index in [1.54, 1.807) is 24.3 Å². The maximum absolute atomic E-state index is 12.7. The van der Waals surface area contributed by atoms with E-state index in [0.717, 1.165) is 16.5 Å². The molecule has 0 unspecified atom stereocenters. The lowest BCUT2D eigenvalue weighted by Crippen LogP contribution is -2.05. The molecule has 0 atom stereocenters. The average molecular weight is 353 g/mol. The molecule has 2 N–H and O–H groups in total. The summed E-state index contributed by atoms with van der Waals surface area (Å²) in [4.78, 5) is 12.7. The molecular weight excluding hydrogens is 342 g/mol. The van der Waals surface area contributed by atoms with Crippen LogP contribution in [-0.4, -0.2) is 12.4 Å². The van der Waals surface area contributed by atoms with Crippen molar-refractivity contribution in [2.75, 3.05) is 12.3 Å². The summed E-state index contributed by atoms with van der Waals surface area (Å²) in [5.41, 5.74) is 8.17. The van der Waals surface area contributed by atoms with E-state index >= 15 is 0 Å². The van der Waals surface area contributed by atoms with Crippen LogP contribution in [0.25, 0.3) is 0 Å². The van der Waals surface area contributed by atoms with Crippen LogP contribution in [0.2, 0.25) is 5.02 Å². The van der Waals surface area contributed by atoms with Gasteiger partial charge in [0, 0.05) is 22.1 Å². The second-order valence-electron chi connectivity index (χ2n) is 4.61. The van der Waals surface area contributed by atoms with Crippen molar-refractivity contribution >= 4 is 39.0 Å². The van der Waals surface area contributed by atoms with Crippen LogP contribution in [0.4, 0.5) is 5.69 Å². The number of ether oxygens (including phenoxy) is 1. The van der Waals surface area contributed by atoms with Crippen molar-refractivity contribution < 1.29 is 9.53 Å². The number of carbonyl (C=O) groups excluding carboxylic acids is 1. The van der Waals surface area contributed by atoms with Gasteiger partial charge in [-0.2, -0.15) is 0 Å². The topological polar surface area (TPSA) is 52.3 Å². The van der Waals surface area contributed by atoms with E-state index in [9.17, 15) is 4.79 Å². The number of hydrogen-bond donors (Lipinski definition) is 1. The van der Waals surface area contributed by atoms with Crippen molar-refractivity contribution in [2.45, 2.75) is 6.42 Å². The molecule has 3 rings (SSSR count). The standard InChI is InChI=1S/C15H11BrClNO2/c16-9-5-8-3-4-20-15(8)12(6-9)14(19)11-7-10(18)1-2-13(11)17/h1-2,5-7H,3-4,18H2. The molecule has 20 heavy (non-hydrogen) atoms. The number of nitrogens with two attached hydrogens (primary N) is 1. The second kappa shape index (κ2) is 5.11.